The lowest BCUT2D eigenvalue weighted by Gasteiger charge is -2.36. The second-order valence-corrected chi connectivity index (χ2v) is 8.48. The lowest BCUT2D eigenvalue weighted by Crippen LogP contribution is -2.22. The highest BCUT2D eigenvalue weighted by Gasteiger charge is 2.29. The molecule has 2 fully saturated rings. The maximum absolute atomic E-state index is 12.9. The van der Waals surface area contributed by atoms with E-state index in [1.807, 2.05) is 18.2 Å². The van der Waals surface area contributed by atoms with Crippen molar-refractivity contribution < 1.29 is 4.39 Å². The average Bonchev–Trinajstić information content (AvgIpc) is 2.79. The topological polar surface area (TPSA) is 47.6 Å². The highest BCUT2D eigenvalue weighted by molar-refractivity contribution is 5.33. The standard InChI is InChI=1S/C26H29FN2/c1-19(22-9-5-20(6-10-22)3-2-4-26(27)18-29)23-13-15-25(16-14-23)24-11-7-21(17-28)8-12-24/h2-4,7-8,11-12,20,22-23,25H,1,5-6,9-10,13-16H2. The van der Waals surface area contributed by atoms with Crippen molar-refractivity contribution in [2.45, 2.75) is 57.3 Å². The molecule has 2 aliphatic carbocycles. The van der Waals surface area contributed by atoms with Crippen LogP contribution in [-0.4, -0.2) is 0 Å². The molecule has 2 nitrogen and oxygen atoms in total. The maximum atomic E-state index is 12.9. The molecular formula is C26H29FN2. The summed E-state index contributed by atoms with van der Waals surface area (Å²) in [6.45, 7) is 4.49. The highest BCUT2D eigenvalue weighted by Crippen LogP contribution is 2.43. The molecule has 0 aliphatic heterocycles. The molecule has 0 atom stereocenters. The molecule has 0 radical (unpaired) electrons. The Labute approximate surface area is 174 Å². The highest BCUT2D eigenvalue weighted by atomic mass is 19.1. The summed E-state index contributed by atoms with van der Waals surface area (Å²) in [6, 6.07) is 11.8. The molecule has 0 saturated heterocycles. The van der Waals surface area contributed by atoms with Crippen LogP contribution in [0.1, 0.15) is 68.4 Å². The Balaban J connectivity index is 1.45. The quantitative estimate of drug-likeness (QED) is 0.306. The molecule has 3 rings (SSSR count). The summed E-state index contributed by atoms with van der Waals surface area (Å²) < 4.78 is 12.9. The summed E-state index contributed by atoms with van der Waals surface area (Å²) in [5, 5.41) is 17.4. The van der Waals surface area contributed by atoms with Gasteiger partial charge in [0.05, 0.1) is 11.6 Å². The zero-order valence-corrected chi connectivity index (χ0v) is 17.0. The summed E-state index contributed by atoms with van der Waals surface area (Å²) in [5.41, 5.74) is 3.54. The predicted octanol–water partition coefficient (Wildman–Crippen LogP) is 7.13. The van der Waals surface area contributed by atoms with E-state index in [1.165, 1.54) is 49.0 Å². The molecule has 29 heavy (non-hydrogen) atoms. The van der Waals surface area contributed by atoms with Crippen LogP contribution in [0.2, 0.25) is 0 Å². The minimum Gasteiger partial charge on any atom is -0.195 e. The third kappa shape index (κ3) is 5.68. The lowest BCUT2D eigenvalue weighted by atomic mass is 9.70. The number of hydrogen-bond donors (Lipinski definition) is 0. The van der Waals surface area contributed by atoms with Crippen LogP contribution in [-0.2, 0) is 0 Å². The fraction of sp³-hybridized carbons (Fsp3) is 0.462. The number of nitrogens with zero attached hydrogens (tertiary/aromatic N) is 2. The monoisotopic (exact) mass is 388 g/mol. The molecule has 1 aromatic carbocycles. The van der Waals surface area contributed by atoms with Crippen molar-refractivity contribution in [3.05, 3.63) is 71.6 Å². The molecule has 0 unspecified atom stereocenters. The van der Waals surface area contributed by atoms with Crippen LogP contribution in [0.25, 0.3) is 0 Å². The number of benzene rings is 1. The summed E-state index contributed by atoms with van der Waals surface area (Å²) in [7, 11) is 0. The van der Waals surface area contributed by atoms with Crippen molar-refractivity contribution in [2.24, 2.45) is 17.8 Å². The fourth-order valence-corrected chi connectivity index (χ4v) is 4.98. The molecule has 0 N–H and O–H groups in total. The van der Waals surface area contributed by atoms with Crippen LogP contribution < -0.4 is 0 Å². The van der Waals surface area contributed by atoms with Gasteiger partial charge >= 0.3 is 0 Å². The Hall–Kier alpha value is -2.65. The van der Waals surface area contributed by atoms with E-state index >= 15 is 0 Å². The van der Waals surface area contributed by atoms with Gasteiger partial charge in [-0.05, 0) is 98.8 Å². The van der Waals surface area contributed by atoms with Gasteiger partial charge in [0.15, 0.2) is 5.83 Å². The van der Waals surface area contributed by atoms with Gasteiger partial charge in [0.1, 0.15) is 6.07 Å². The van der Waals surface area contributed by atoms with Gasteiger partial charge in [-0.2, -0.15) is 14.9 Å². The Morgan fingerprint density at radius 3 is 2.07 bits per heavy atom. The summed E-state index contributed by atoms with van der Waals surface area (Å²) in [4.78, 5) is 0. The van der Waals surface area contributed by atoms with E-state index in [0.717, 1.165) is 31.2 Å². The second kappa shape index (κ2) is 10.2. The van der Waals surface area contributed by atoms with Crippen LogP contribution in [0.3, 0.4) is 0 Å². The minimum absolute atomic E-state index is 0.480. The molecular weight excluding hydrogens is 359 g/mol. The van der Waals surface area contributed by atoms with Crippen molar-refractivity contribution in [3.63, 3.8) is 0 Å². The van der Waals surface area contributed by atoms with Gasteiger partial charge in [-0.25, -0.2) is 0 Å². The maximum Gasteiger partial charge on any atom is 0.199 e. The van der Waals surface area contributed by atoms with Crippen LogP contribution in [0.5, 0.6) is 0 Å². The Bertz CT molecular complexity index is 834. The van der Waals surface area contributed by atoms with Crippen molar-refractivity contribution in [1.82, 2.24) is 0 Å². The molecule has 0 aromatic heterocycles. The first-order valence-corrected chi connectivity index (χ1v) is 10.7. The number of hydrogen-bond acceptors (Lipinski definition) is 2. The van der Waals surface area contributed by atoms with Crippen molar-refractivity contribution in [2.75, 3.05) is 0 Å². The van der Waals surface area contributed by atoms with E-state index in [9.17, 15) is 4.39 Å². The first kappa shape index (κ1) is 21.1. The van der Waals surface area contributed by atoms with Crippen LogP contribution >= 0.6 is 0 Å². The van der Waals surface area contributed by atoms with Gasteiger partial charge in [0, 0.05) is 0 Å². The first-order chi connectivity index (χ1) is 14.1. The predicted molar refractivity (Wildman–Crippen MR) is 114 cm³/mol. The molecule has 0 bridgehead atoms. The Morgan fingerprint density at radius 2 is 1.52 bits per heavy atom. The normalized spacial score (nSPS) is 27.9. The van der Waals surface area contributed by atoms with E-state index in [1.54, 1.807) is 6.08 Å². The van der Waals surface area contributed by atoms with E-state index in [2.05, 4.69) is 24.8 Å². The second-order valence-electron chi connectivity index (χ2n) is 8.48. The lowest BCUT2D eigenvalue weighted by molar-refractivity contribution is 0.290. The fourth-order valence-electron chi connectivity index (χ4n) is 4.98. The van der Waals surface area contributed by atoms with Gasteiger partial charge in [0.25, 0.3) is 0 Å². The van der Waals surface area contributed by atoms with Gasteiger partial charge in [-0.15, -0.1) is 0 Å². The Kier molecular flexibility index (Phi) is 7.42. The molecule has 1 aromatic rings. The molecule has 3 heteroatoms. The summed E-state index contributed by atoms with van der Waals surface area (Å²) >= 11 is 0. The number of nitriles is 2. The van der Waals surface area contributed by atoms with Crippen LogP contribution in [0.4, 0.5) is 4.39 Å². The molecule has 2 aliphatic rings. The molecule has 0 spiro atoms. The van der Waals surface area contributed by atoms with Gasteiger partial charge in [-0.3, -0.25) is 0 Å². The minimum atomic E-state index is -0.736. The van der Waals surface area contributed by atoms with Crippen LogP contribution in [0.15, 0.2) is 60.5 Å². The summed E-state index contributed by atoms with van der Waals surface area (Å²) in [6.07, 6.45) is 14.3. The van der Waals surface area contributed by atoms with Crippen LogP contribution in [0, 0.1) is 40.4 Å². The van der Waals surface area contributed by atoms with Gasteiger partial charge < -0.3 is 0 Å². The molecule has 0 heterocycles. The Morgan fingerprint density at radius 1 is 0.931 bits per heavy atom. The zero-order valence-electron chi connectivity index (χ0n) is 17.0. The zero-order chi connectivity index (χ0) is 20.6. The van der Waals surface area contributed by atoms with E-state index < -0.39 is 5.83 Å². The third-order valence-electron chi connectivity index (χ3n) is 6.79. The van der Waals surface area contributed by atoms with Crippen molar-refractivity contribution in [1.29, 1.82) is 10.5 Å². The first-order valence-electron chi connectivity index (χ1n) is 10.7. The third-order valence-corrected chi connectivity index (χ3v) is 6.79. The molecule has 2 saturated carbocycles. The summed E-state index contributed by atoms with van der Waals surface area (Å²) in [5.74, 6) is 1.60. The van der Waals surface area contributed by atoms with E-state index in [-0.39, 0.29) is 0 Å². The molecule has 0 amide bonds. The van der Waals surface area contributed by atoms with Crippen molar-refractivity contribution >= 4 is 0 Å². The van der Waals surface area contributed by atoms with Gasteiger partial charge in [0.2, 0.25) is 0 Å². The number of halogens is 1. The van der Waals surface area contributed by atoms with E-state index in [0.29, 0.717) is 23.7 Å². The van der Waals surface area contributed by atoms with Gasteiger partial charge in [-0.1, -0.05) is 36.4 Å². The number of allylic oxidation sites excluding steroid dienone is 5. The number of rotatable bonds is 5. The SMILES string of the molecule is C=C(C1CCC(C=CC=C(F)C#N)CC1)C1CCC(c2ccc(C#N)cc2)CC1. The van der Waals surface area contributed by atoms with E-state index in [4.69, 9.17) is 10.5 Å². The molecule has 150 valence electrons. The smallest absolute Gasteiger partial charge is 0.195 e. The largest absolute Gasteiger partial charge is 0.199 e. The average molecular weight is 389 g/mol. The van der Waals surface area contributed by atoms with Crippen molar-refractivity contribution in [3.8, 4) is 12.1 Å².